The van der Waals surface area contributed by atoms with Gasteiger partial charge in [0.05, 0.1) is 4.88 Å². The van der Waals surface area contributed by atoms with E-state index in [0.29, 0.717) is 0 Å². The summed E-state index contributed by atoms with van der Waals surface area (Å²) in [5.41, 5.74) is 0. The zero-order valence-electron chi connectivity index (χ0n) is 8.47. The van der Waals surface area contributed by atoms with Crippen LogP contribution < -0.4 is 0 Å². The molecule has 0 spiro atoms. The second-order valence-electron chi connectivity index (χ2n) is 3.35. The average Bonchev–Trinajstić information content (AvgIpc) is 2.87. The van der Waals surface area contributed by atoms with Crippen LogP contribution in [-0.2, 0) is 6.54 Å². The molecule has 0 unspecified atom stereocenters. The van der Waals surface area contributed by atoms with E-state index in [1.165, 1.54) is 4.88 Å². The molecule has 0 aromatic carbocycles. The van der Waals surface area contributed by atoms with Gasteiger partial charge in [0.2, 0.25) is 0 Å². The molecule has 0 radical (unpaired) electrons. The van der Waals surface area contributed by atoms with E-state index >= 15 is 0 Å². The highest BCUT2D eigenvalue weighted by Gasteiger charge is 2.05. The molecule has 0 saturated heterocycles. The van der Waals surface area contributed by atoms with Gasteiger partial charge in [-0.25, -0.2) is 4.98 Å². The Kier molecular flexibility index (Phi) is 3.86. The summed E-state index contributed by atoms with van der Waals surface area (Å²) in [6.45, 7) is 1.04. The number of rotatable bonds is 5. The Labute approximate surface area is 99.4 Å². The van der Waals surface area contributed by atoms with Gasteiger partial charge in [0.1, 0.15) is 5.82 Å². The zero-order chi connectivity index (χ0) is 10.5. The van der Waals surface area contributed by atoms with E-state index in [1.807, 2.05) is 12.4 Å². The number of unbranched alkanes of at least 4 members (excludes halogenated alkanes) is 1. The maximum atomic E-state index is 4.39. The summed E-state index contributed by atoms with van der Waals surface area (Å²) < 4.78 is 2.22. The molecule has 2 heterocycles. The van der Waals surface area contributed by atoms with Crippen LogP contribution in [-0.4, -0.2) is 15.3 Å². The van der Waals surface area contributed by atoms with Crippen molar-refractivity contribution in [1.82, 2.24) is 9.55 Å². The Morgan fingerprint density at radius 3 is 3.07 bits per heavy atom. The van der Waals surface area contributed by atoms with Gasteiger partial charge >= 0.3 is 0 Å². The first-order valence-corrected chi connectivity index (χ1v) is 6.59. The fourth-order valence-electron chi connectivity index (χ4n) is 1.51. The zero-order valence-corrected chi connectivity index (χ0v) is 10.2. The van der Waals surface area contributed by atoms with Crippen molar-refractivity contribution in [2.75, 3.05) is 5.75 Å². The minimum Gasteiger partial charge on any atom is -0.330 e. The van der Waals surface area contributed by atoms with Crippen LogP contribution in [0.15, 0.2) is 29.9 Å². The summed E-state index contributed by atoms with van der Waals surface area (Å²) in [6.07, 6.45) is 6.24. The van der Waals surface area contributed by atoms with Crippen LogP contribution in [0.1, 0.15) is 12.8 Å². The lowest BCUT2D eigenvalue weighted by Crippen LogP contribution is -1.98. The van der Waals surface area contributed by atoms with E-state index in [-0.39, 0.29) is 0 Å². The van der Waals surface area contributed by atoms with Crippen LogP contribution in [0.4, 0.5) is 0 Å². The summed E-state index contributed by atoms with van der Waals surface area (Å²) in [6, 6.07) is 4.18. The lowest BCUT2D eigenvalue weighted by Gasteiger charge is -2.05. The smallest absolute Gasteiger partial charge is 0.149 e. The molecule has 0 atom stereocenters. The molecule has 0 aliphatic heterocycles. The summed E-state index contributed by atoms with van der Waals surface area (Å²) in [5, 5.41) is 2.09. The minimum atomic E-state index is 0.961. The predicted octanol–water partition coefficient (Wildman–Crippen LogP) is 3.32. The lowest BCUT2D eigenvalue weighted by molar-refractivity contribution is 0.641. The average molecular weight is 238 g/mol. The van der Waals surface area contributed by atoms with E-state index < -0.39 is 0 Å². The van der Waals surface area contributed by atoms with Crippen LogP contribution in [0.3, 0.4) is 0 Å². The van der Waals surface area contributed by atoms with Crippen LogP contribution >= 0.6 is 24.0 Å². The number of imidazole rings is 1. The summed E-state index contributed by atoms with van der Waals surface area (Å²) in [4.78, 5) is 5.63. The number of hydrogen-bond acceptors (Lipinski definition) is 3. The molecule has 0 bridgehead atoms. The molecule has 0 amide bonds. The largest absolute Gasteiger partial charge is 0.330 e. The molecule has 15 heavy (non-hydrogen) atoms. The Balaban J connectivity index is 2.09. The standard InChI is InChI=1S/C11H14N2S2/c14-8-2-1-6-13-7-5-12-11(13)10-4-3-9-15-10/h3-5,7,9,14H,1-2,6,8H2. The van der Waals surface area contributed by atoms with E-state index in [2.05, 4.69) is 39.7 Å². The Morgan fingerprint density at radius 2 is 2.33 bits per heavy atom. The van der Waals surface area contributed by atoms with Gasteiger partial charge in [-0.2, -0.15) is 12.6 Å². The van der Waals surface area contributed by atoms with Gasteiger partial charge in [0, 0.05) is 18.9 Å². The SMILES string of the molecule is SCCCCn1ccnc1-c1cccs1. The van der Waals surface area contributed by atoms with Crippen molar-refractivity contribution < 1.29 is 0 Å². The summed E-state index contributed by atoms with van der Waals surface area (Å²) in [5.74, 6) is 2.05. The lowest BCUT2D eigenvalue weighted by atomic mass is 10.3. The number of thiol groups is 1. The number of hydrogen-bond donors (Lipinski definition) is 1. The third-order valence-corrected chi connectivity index (χ3v) is 3.45. The number of aryl methyl sites for hydroxylation is 1. The third kappa shape index (κ3) is 2.63. The van der Waals surface area contributed by atoms with Gasteiger partial charge in [0.15, 0.2) is 0 Å². The maximum absolute atomic E-state index is 4.39. The van der Waals surface area contributed by atoms with Crippen LogP contribution in [0.25, 0.3) is 10.7 Å². The first kappa shape index (κ1) is 10.8. The van der Waals surface area contributed by atoms with E-state index in [9.17, 15) is 0 Å². The van der Waals surface area contributed by atoms with Gasteiger partial charge in [-0.15, -0.1) is 11.3 Å². The fourth-order valence-corrected chi connectivity index (χ4v) is 2.47. The van der Waals surface area contributed by atoms with Crippen molar-refractivity contribution in [2.24, 2.45) is 0 Å². The molecule has 0 saturated carbocycles. The van der Waals surface area contributed by atoms with Crippen molar-refractivity contribution in [1.29, 1.82) is 0 Å². The first-order valence-electron chi connectivity index (χ1n) is 5.07. The molecule has 2 rings (SSSR count). The summed E-state index contributed by atoms with van der Waals surface area (Å²) in [7, 11) is 0. The van der Waals surface area contributed by atoms with Crippen molar-refractivity contribution in [3.8, 4) is 10.7 Å². The van der Waals surface area contributed by atoms with Gasteiger partial charge in [-0.3, -0.25) is 0 Å². The summed E-state index contributed by atoms with van der Waals surface area (Å²) >= 11 is 5.95. The topological polar surface area (TPSA) is 17.8 Å². The molecule has 0 fully saturated rings. The molecular weight excluding hydrogens is 224 g/mol. The molecule has 4 heteroatoms. The normalized spacial score (nSPS) is 10.7. The van der Waals surface area contributed by atoms with Crippen molar-refractivity contribution in [3.05, 3.63) is 29.9 Å². The highest BCUT2D eigenvalue weighted by atomic mass is 32.1. The van der Waals surface area contributed by atoms with Crippen molar-refractivity contribution >= 4 is 24.0 Å². The number of nitrogens with zero attached hydrogens (tertiary/aromatic N) is 2. The molecule has 2 aromatic heterocycles. The molecule has 2 aromatic rings. The van der Waals surface area contributed by atoms with E-state index in [0.717, 1.165) is 31.0 Å². The van der Waals surface area contributed by atoms with Gasteiger partial charge < -0.3 is 4.57 Å². The monoisotopic (exact) mass is 238 g/mol. The quantitative estimate of drug-likeness (QED) is 0.625. The maximum Gasteiger partial charge on any atom is 0.149 e. The molecule has 80 valence electrons. The molecular formula is C11H14N2S2. The van der Waals surface area contributed by atoms with Gasteiger partial charge in [0.25, 0.3) is 0 Å². The number of aromatic nitrogens is 2. The predicted molar refractivity (Wildman–Crippen MR) is 68.6 cm³/mol. The van der Waals surface area contributed by atoms with Crippen molar-refractivity contribution in [2.45, 2.75) is 19.4 Å². The van der Waals surface area contributed by atoms with Gasteiger partial charge in [-0.1, -0.05) is 6.07 Å². The molecule has 0 N–H and O–H groups in total. The number of thiophene rings is 1. The first-order chi connectivity index (χ1) is 7.42. The van der Waals surface area contributed by atoms with E-state index in [1.54, 1.807) is 11.3 Å². The Hall–Kier alpha value is -0.740. The second-order valence-corrected chi connectivity index (χ2v) is 4.75. The third-order valence-electron chi connectivity index (χ3n) is 2.26. The van der Waals surface area contributed by atoms with Gasteiger partial charge in [-0.05, 0) is 30.0 Å². The molecule has 0 aliphatic rings. The highest BCUT2D eigenvalue weighted by molar-refractivity contribution is 7.80. The van der Waals surface area contributed by atoms with E-state index in [4.69, 9.17) is 0 Å². The van der Waals surface area contributed by atoms with Crippen LogP contribution in [0.2, 0.25) is 0 Å². The van der Waals surface area contributed by atoms with Crippen molar-refractivity contribution in [3.63, 3.8) is 0 Å². The van der Waals surface area contributed by atoms with Crippen LogP contribution in [0.5, 0.6) is 0 Å². The Bertz CT molecular complexity index is 392. The fraction of sp³-hybridized carbons (Fsp3) is 0.364. The second kappa shape index (κ2) is 5.37. The molecule has 2 nitrogen and oxygen atoms in total. The minimum absolute atomic E-state index is 0.961. The van der Waals surface area contributed by atoms with Crippen LogP contribution in [0, 0.1) is 0 Å². The Morgan fingerprint density at radius 1 is 1.40 bits per heavy atom. The molecule has 0 aliphatic carbocycles. The highest BCUT2D eigenvalue weighted by Crippen LogP contribution is 2.23.